The molecule has 1 unspecified atom stereocenters. The van der Waals surface area contributed by atoms with Crippen LogP contribution in [-0.2, 0) is 4.79 Å². The average molecular weight is 216 g/mol. The summed E-state index contributed by atoms with van der Waals surface area (Å²) >= 11 is 0. The number of amides is 1. The van der Waals surface area contributed by atoms with Gasteiger partial charge in [0.1, 0.15) is 0 Å². The second-order valence-corrected chi connectivity index (χ2v) is 3.88. The van der Waals surface area contributed by atoms with E-state index in [0.29, 0.717) is 6.04 Å². The van der Waals surface area contributed by atoms with Crippen LogP contribution in [0.3, 0.4) is 0 Å². The van der Waals surface area contributed by atoms with Crippen LogP contribution < -0.4 is 10.8 Å². The lowest BCUT2D eigenvalue weighted by Crippen LogP contribution is -2.49. The van der Waals surface area contributed by atoms with Gasteiger partial charge in [-0.2, -0.15) is 0 Å². The molecule has 1 fully saturated rings. The van der Waals surface area contributed by atoms with Gasteiger partial charge in [-0.15, -0.1) is 0 Å². The molecule has 1 rings (SSSR count). The van der Waals surface area contributed by atoms with Crippen molar-refractivity contribution in [3.05, 3.63) is 0 Å². The molecule has 0 saturated carbocycles. The molecule has 0 aromatic carbocycles. The molecule has 0 radical (unpaired) electrons. The van der Waals surface area contributed by atoms with E-state index in [-0.39, 0.29) is 11.3 Å². The number of piperidine rings is 1. The summed E-state index contributed by atoms with van der Waals surface area (Å²) in [5, 5.41) is 11.9. The molecule has 4 heteroatoms. The van der Waals surface area contributed by atoms with Gasteiger partial charge in [0.15, 0.2) is 0 Å². The number of rotatable bonds is 2. The highest BCUT2D eigenvalue weighted by Crippen LogP contribution is 2.34. The topological polar surface area (TPSA) is 61.4 Å². The third kappa shape index (κ3) is 3.47. The maximum absolute atomic E-state index is 11.5. The standard InChI is InChI=1S/C9H18N2O2.C2H6/c1-3-9(8(12)11-13)4-5-10-7(2)6-9;1-2/h7,10,13H,3-6H2,1-2H3,(H,11,12);1-2H3/t7-,9?;/m0./s1. The van der Waals surface area contributed by atoms with Crippen molar-refractivity contribution in [1.29, 1.82) is 0 Å². The van der Waals surface area contributed by atoms with Crippen LogP contribution in [-0.4, -0.2) is 23.7 Å². The van der Waals surface area contributed by atoms with Gasteiger partial charge >= 0.3 is 0 Å². The van der Waals surface area contributed by atoms with Gasteiger partial charge < -0.3 is 5.32 Å². The first-order chi connectivity index (χ1) is 7.14. The summed E-state index contributed by atoms with van der Waals surface area (Å²) in [6.45, 7) is 8.91. The molecule has 90 valence electrons. The Morgan fingerprint density at radius 3 is 2.60 bits per heavy atom. The first-order valence-electron chi connectivity index (χ1n) is 5.82. The van der Waals surface area contributed by atoms with Gasteiger partial charge in [-0.1, -0.05) is 20.8 Å². The summed E-state index contributed by atoms with van der Waals surface area (Å²) in [6, 6.07) is 0.353. The van der Waals surface area contributed by atoms with Crippen molar-refractivity contribution in [1.82, 2.24) is 10.8 Å². The lowest BCUT2D eigenvalue weighted by atomic mass is 9.73. The van der Waals surface area contributed by atoms with Crippen molar-refractivity contribution < 1.29 is 10.0 Å². The molecule has 1 heterocycles. The summed E-state index contributed by atoms with van der Waals surface area (Å²) in [4.78, 5) is 11.5. The van der Waals surface area contributed by atoms with E-state index in [4.69, 9.17) is 5.21 Å². The molecule has 1 aliphatic heterocycles. The minimum atomic E-state index is -0.362. The molecular formula is C11H24N2O2. The number of carbonyl (C=O) groups excluding carboxylic acids is 1. The minimum absolute atomic E-state index is 0.233. The van der Waals surface area contributed by atoms with Crippen LogP contribution >= 0.6 is 0 Å². The van der Waals surface area contributed by atoms with Gasteiger partial charge in [-0.25, -0.2) is 5.48 Å². The SMILES string of the molecule is CC.CCC1(C(=O)NO)CCN[C@@H](C)C1. The third-order valence-electron chi connectivity index (χ3n) is 3.05. The lowest BCUT2D eigenvalue weighted by molar-refractivity contribution is -0.142. The Labute approximate surface area is 92.4 Å². The Balaban J connectivity index is 0.000000921. The van der Waals surface area contributed by atoms with E-state index >= 15 is 0 Å². The van der Waals surface area contributed by atoms with Crippen LogP contribution in [0.25, 0.3) is 0 Å². The molecule has 2 atom stereocenters. The van der Waals surface area contributed by atoms with Crippen LogP contribution in [0.4, 0.5) is 0 Å². The van der Waals surface area contributed by atoms with Crippen LogP contribution in [0, 0.1) is 5.41 Å². The average Bonchev–Trinajstić information content (AvgIpc) is 2.30. The fourth-order valence-corrected chi connectivity index (χ4v) is 2.12. The Morgan fingerprint density at radius 1 is 1.60 bits per heavy atom. The molecule has 1 saturated heterocycles. The van der Waals surface area contributed by atoms with Gasteiger partial charge in [0.25, 0.3) is 0 Å². The molecule has 0 aromatic rings. The van der Waals surface area contributed by atoms with E-state index in [0.717, 1.165) is 25.8 Å². The van der Waals surface area contributed by atoms with Crippen LogP contribution in [0.1, 0.15) is 47.0 Å². The largest absolute Gasteiger partial charge is 0.314 e. The number of hydrogen-bond acceptors (Lipinski definition) is 3. The van der Waals surface area contributed by atoms with Gasteiger partial charge in [0, 0.05) is 6.04 Å². The van der Waals surface area contributed by atoms with E-state index in [1.165, 1.54) is 0 Å². The van der Waals surface area contributed by atoms with Crippen molar-refractivity contribution in [3.8, 4) is 0 Å². The molecule has 0 aliphatic carbocycles. The highest BCUT2D eigenvalue weighted by Gasteiger charge is 2.39. The maximum Gasteiger partial charge on any atom is 0.249 e. The molecule has 3 N–H and O–H groups in total. The first kappa shape index (κ1) is 14.4. The van der Waals surface area contributed by atoms with Crippen LogP contribution in [0.5, 0.6) is 0 Å². The monoisotopic (exact) mass is 216 g/mol. The molecular weight excluding hydrogens is 192 g/mol. The molecule has 0 bridgehead atoms. The molecule has 0 spiro atoms. The molecule has 4 nitrogen and oxygen atoms in total. The second-order valence-electron chi connectivity index (χ2n) is 3.88. The Morgan fingerprint density at radius 2 is 2.20 bits per heavy atom. The van der Waals surface area contributed by atoms with Crippen LogP contribution in [0.2, 0.25) is 0 Å². The summed E-state index contributed by atoms with van der Waals surface area (Å²) in [5.41, 5.74) is 1.42. The number of hydroxylamine groups is 1. The first-order valence-corrected chi connectivity index (χ1v) is 5.82. The molecule has 1 amide bonds. The zero-order valence-electron chi connectivity index (χ0n) is 10.3. The highest BCUT2D eigenvalue weighted by atomic mass is 16.5. The van der Waals surface area contributed by atoms with E-state index in [1.807, 2.05) is 20.8 Å². The molecule has 15 heavy (non-hydrogen) atoms. The van der Waals surface area contributed by atoms with Crippen molar-refractivity contribution in [3.63, 3.8) is 0 Å². The highest BCUT2D eigenvalue weighted by molar-refractivity contribution is 5.81. The Hall–Kier alpha value is -0.610. The number of hydrogen-bond donors (Lipinski definition) is 3. The lowest BCUT2D eigenvalue weighted by Gasteiger charge is -2.37. The fraction of sp³-hybridized carbons (Fsp3) is 0.909. The Kier molecular flexibility index (Phi) is 6.52. The van der Waals surface area contributed by atoms with E-state index < -0.39 is 0 Å². The summed E-state index contributed by atoms with van der Waals surface area (Å²) in [6.07, 6.45) is 2.39. The van der Waals surface area contributed by atoms with Crippen molar-refractivity contribution in [2.45, 2.75) is 53.0 Å². The van der Waals surface area contributed by atoms with Crippen molar-refractivity contribution in [2.24, 2.45) is 5.41 Å². The molecule has 1 aliphatic rings. The minimum Gasteiger partial charge on any atom is -0.314 e. The van der Waals surface area contributed by atoms with Gasteiger partial charge in [0.05, 0.1) is 5.41 Å². The Bertz CT molecular complexity index is 197. The maximum atomic E-state index is 11.5. The summed E-state index contributed by atoms with van der Waals surface area (Å²) in [5.74, 6) is -0.233. The quantitative estimate of drug-likeness (QED) is 0.486. The zero-order valence-corrected chi connectivity index (χ0v) is 10.3. The summed E-state index contributed by atoms with van der Waals surface area (Å²) in [7, 11) is 0. The van der Waals surface area contributed by atoms with Crippen molar-refractivity contribution >= 4 is 5.91 Å². The van der Waals surface area contributed by atoms with Gasteiger partial charge in [-0.3, -0.25) is 10.0 Å². The fourth-order valence-electron chi connectivity index (χ4n) is 2.12. The smallest absolute Gasteiger partial charge is 0.249 e. The van der Waals surface area contributed by atoms with Gasteiger partial charge in [0.2, 0.25) is 5.91 Å². The van der Waals surface area contributed by atoms with E-state index in [2.05, 4.69) is 12.2 Å². The van der Waals surface area contributed by atoms with Crippen LogP contribution in [0.15, 0.2) is 0 Å². The number of nitrogens with one attached hydrogen (secondary N) is 2. The van der Waals surface area contributed by atoms with E-state index in [1.54, 1.807) is 5.48 Å². The third-order valence-corrected chi connectivity index (χ3v) is 3.05. The van der Waals surface area contributed by atoms with Gasteiger partial charge in [-0.05, 0) is 32.7 Å². The van der Waals surface area contributed by atoms with Crippen molar-refractivity contribution in [2.75, 3.05) is 6.54 Å². The normalized spacial score (nSPS) is 30.1. The number of carbonyl (C=O) groups is 1. The summed E-state index contributed by atoms with van der Waals surface area (Å²) < 4.78 is 0. The predicted molar refractivity (Wildman–Crippen MR) is 60.7 cm³/mol. The molecule has 0 aromatic heterocycles. The zero-order chi connectivity index (χ0) is 11.9. The second kappa shape index (κ2) is 6.80. The van der Waals surface area contributed by atoms with E-state index in [9.17, 15) is 4.79 Å². The predicted octanol–water partition coefficient (Wildman–Crippen LogP) is 1.69.